The lowest BCUT2D eigenvalue weighted by molar-refractivity contribution is 0.300. The van der Waals surface area contributed by atoms with Gasteiger partial charge in [-0.2, -0.15) is 0 Å². The number of benzene rings is 1. The number of ether oxygens (including phenoxy) is 1. The van der Waals surface area contributed by atoms with Crippen LogP contribution < -0.4 is 10.1 Å². The molecule has 1 aliphatic rings. The SMILES string of the molecule is CC(NC1COc2ccccc21)c1cncc(F)c1. The minimum Gasteiger partial charge on any atom is -0.491 e. The molecule has 0 bridgehead atoms. The van der Waals surface area contributed by atoms with Crippen LogP contribution in [-0.2, 0) is 0 Å². The van der Waals surface area contributed by atoms with Gasteiger partial charge < -0.3 is 10.1 Å². The number of nitrogens with zero attached hydrogens (tertiary/aromatic N) is 1. The third-order valence-electron chi connectivity index (χ3n) is 3.38. The maximum atomic E-state index is 13.2. The number of rotatable bonds is 3. The van der Waals surface area contributed by atoms with Gasteiger partial charge in [-0.15, -0.1) is 0 Å². The minimum absolute atomic E-state index is 0.0166. The lowest BCUT2D eigenvalue weighted by atomic mass is 10.1. The van der Waals surface area contributed by atoms with E-state index >= 15 is 0 Å². The summed E-state index contributed by atoms with van der Waals surface area (Å²) in [6.07, 6.45) is 2.90. The Morgan fingerprint density at radius 1 is 1.37 bits per heavy atom. The number of fused-ring (bicyclic) bond motifs is 1. The molecular weight excluding hydrogens is 243 g/mol. The molecule has 2 unspecified atom stereocenters. The smallest absolute Gasteiger partial charge is 0.141 e. The van der Waals surface area contributed by atoms with E-state index in [1.54, 1.807) is 6.20 Å². The Bertz CT molecular complexity index is 588. The molecule has 2 heterocycles. The summed E-state index contributed by atoms with van der Waals surface area (Å²) in [6, 6.07) is 9.63. The fourth-order valence-corrected chi connectivity index (χ4v) is 2.36. The quantitative estimate of drug-likeness (QED) is 0.919. The van der Waals surface area contributed by atoms with Gasteiger partial charge in [0.1, 0.15) is 18.2 Å². The van der Waals surface area contributed by atoms with E-state index in [0.29, 0.717) is 6.61 Å². The summed E-state index contributed by atoms with van der Waals surface area (Å²) >= 11 is 0. The lowest BCUT2D eigenvalue weighted by Crippen LogP contribution is -2.25. The van der Waals surface area contributed by atoms with Gasteiger partial charge in [0.2, 0.25) is 0 Å². The predicted molar refractivity (Wildman–Crippen MR) is 70.4 cm³/mol. The summed E-state index contributed by atoms with van der Waals surface area (Å²) in [5.41, 5.74) is 1.99. The van der Waals surface area contributed by atoms with Gasteiger partial charge >= 0.3 is 0 Å². The van der Waals surface area contributed by atoms with Crippen molar-refractivity contribution in [3.8, 4) is 5.75 Å². The molecule has 0 saturated carbocycles. The van der Waals surface area contributed by atoms with Gasteiger partial charge in [0.05, 0.1) is 12.2 Å². The zero-order chi connectivity index (χ0) is 13.2. The highest BCUT2D eigenvalue weighted by Crippen LogP contribution is 2.33. The van der Waals surface area contributed by atoms with E-state index in [2.05, 4.69) is 16.4 Å². The third-order valence-corrected chi connectivity index (χ3v) is 3.38. The molecule has 1 aromatic heterocycles. The fourth-order valence-electron chi connectivity index (χ4n) is 2.36. The molecule has 2 atom stereocenters. The van der Waals surface area contributed by atoms with Gasteiger partial charge in [-0.25, -0.2) is 4.39 Å². The van der Waals surface area contributed by atoms with Crippen LogP contribution in [0.4, 0.5) is 4.39 Å². The van der Waals surface area contributed by atoms with Gasteiger partial charge in [0.25, 0.3) is 0 Å². The second-order valence-corrected chi connectivity index (χ2v) is 4.73. The third kappa shape index (κ3) is 2.44. The van der Waals surface area contributed by atoms with Crippen molar-refractivity contribution in [2.75, 3.05) is 6.61 Å². The Morgan fingerprint density at radius 2 is 2.21 bits per heavy atom. The largest absolute Gasteiger partial charge is 0.491 e. The second kappa shape index (κ2) is 4.97. The van der Waals surface area contributed by atoms with E-state index in [0.717, 1.165) is 16.9 Å². The van der Waals surface area contributed by atoms with Crippen LogP contribution in [0.2, 0.25) is 0 Å². The number of pyridine rings is 1. The molecule has 19 heavy (non-hydrogen) atoms. The molecule has 4 heteroatoms. The Hall–Kier alpha value is -1.94. The maximum absolute atomic E-state index is 13.2. The zero-order valence-corrected chi connectivity index (χ0v) is 10.6. The monoisotopic (exact) mass is 258 g/mol. The fraction of sp³-hybridized carbons (Fsp3) is 0.267. The Morgan fingerprint density at radius 3 is 3.05 bits per heavy atom. The number of nitrogens with one attached hydrogen (secondary N) is 1. The van der Waals surface area contributed by atoms with Gasteiger partial charge in [-0.05, 0) is 24.6 Å². The van der Waals surface area contributed by atoms with Crippen LogP contribution in [0, 0.1) is 5.82 Å². The van der Waals surface area contributed by atoms with Gasteiger partial charge in [-0.3, -0.25) is 4.98 Å². The van der Waals surface area contributed by atoms with Crippen molar-refractivity contribution in [2.45, 2.75) is 19.0 Å². The number of para-hydroxylation sites is 1. The van der Waals surface area contributed by atoms with E-state index in [1.165, 1.54) is 12.3 Å². The van der Waals surface area contributed by atoms with Crippen molar-refractivity contribution in [2.24, 2.45) is 0 Å². The highest BCUT2D eigenvalue weighted by Gasteiger charge is 2.25. The van der Waals surface area contributed by atoms with Crippen molar-refractivity contribution in [1.82, 2.24) is 10.3 Å². The summed E-state index contributed by atoms with van der Waals surface area (Å²) in [5.74, 6) is 0.610. The van der Waals surface area contributed by atoms with Gasteiger partial charge in [0, 0.05) is 17.8 Å². The second-order valence-electron chi connectivity index (χ2n) is 4.73. The van der Waals surface area contributed by atoms with Crippen LogP contribution in [-0.4, -0.2) is 11.6 Å². The van der Waals surface area contributed by atoms with Crippen molar-refractivity contribution in [3.05, 3.63) is 59.7 Å². The minimum atomic E-state index is -0.311. The van der Waals surface area contributed by atoms with Crippen molar-refractivity contribution in [3.63, 3.8) is 0 Å². The van der Waals surface area contributed by atoms with Gasteiger partial charge in [-0.1, -0.05) is 18.2 Å². The number of hydrogen-bond acceptors (Lipinski definition) is 3. The summed E-state index contributed by atoms with van der Waals surface area (Å²) < 4.78 is 18.8. The molecule has 0 saturated heterocycles. The normalized spacial score (nSPS) is 18.7. The first-order chi connectivity index (χ1) is 9.24. The van der Waals surface area contributed by atoms with E-state index in [4.69, 9.17) is 4.74 Å². The molecule has 3 rings (SSSR count). The molecule has 0 fully saturated rings. The van der Waals surface area contributed by atoms with Gasteiger partial charge in [0.15, 0.2) is 0 Å². The molecule has 1 aliphatic heterocycles. The van der Waals surface area contributed by atoms with Crippen LogP contribution in [0.15, 0.2) is 42.7 Å². The van der Waals surface area contributed by atoms with E-state index < -0.39 is 0 Å². The van der Waals surface area contributed by atoms with Crippen LogP contribution in [0.5, 0.6) is 5.75 Å². The number of aromatic nitrogens is 1. The van der Waals surface area contributed by atoms with Crippen molar-refractivity contribution >= 4 is 0 Å². The molecule has 3 nitrogen and oxygen atoms in total. The molecule has 1 aromatic carbocycles. The average Bonchev–Trinajstić information content (AvgIpc) is 2.82. The Kier molecular flexibility index (Phi) is 3.17. The highest BCUT2D eigenvalue weighted by molar-refractivity contribution is 5.39. The summed E-state index contributed by atoms with van der Waals surface area (Å²) in [4.78, 5) is 3.88. The molecule has 0 amide bonds. The first-order valence-electron chi connectivity index (χ1n) is 6.32. The standard InChI is InChI=1S/C15H15FN2O/c1-10(11-6-12(16)8-17-7-11)18-14-9-19-15-5-3-2-4-13(14)15/h2-8,10,14,18H,9H2,1H3. The topological polar surface area (TPSA) is 34.1 Å². The van der Waals surface area contributed by atoms with Crippen LogP contribution in [0.25, 0.3) is 0 Å². The molecule has 0 aliphatic carbocycles. The molecule has 98 valence electrons. The van der Waals surface area contributed by atoms with E-state index in [1.807, 2.05) is 25.1 Å². The predicted octanol–water partition coefficient (Wildman–Crippen LogP) is 3.01. The zero-order valence-electron chi connectivity index (χ0n) is 10.6. The molecule has 2 aromatic rings. The maximum Gasteiger partial charge on any atom is 0.141 e. The van der Waals surface area contributed by atoms with E-state index in [-0.39, 0.29) is 17.9 Å². The first-order valence-corrected chi connectivity index (χ1v) is 6.32. The first kappa shape index (κ1) is 12.1. The highest BCUT2D eigenvalue weighted by atomic mass is 19.1. The summed E-state index contributed by atoms with van der Waals surface area (Å²) in [6.45, 7) is 2.60. The molecule has 0 radical (unpaired) electrons. The molecular formula is C15H15FN2O. The number of hydrogen-bond donors (Lipinski definition) is 1. The van der Waals surface area contributed by atoms with Crippen LogP contribution in [0.3, 0.4) is 0 Å². The Balaban J connectivity index is 1.76. The van der Waals surface area contributed by atoms with Crippen LogP contribution >= 0.6 is 0 Å². The average molecular weight is 258 g/mol. The molecule has 0 spiro atoms. The van der Waals surface area contributed by atoms with Crippen molar-refractivity contribution < 1.29 is 9.13 Å². The summed E-state index contributed by atoms with van der Waals surface area (Å²) in [5, 5.41) is 3.45. The summed E-state index contributed by atoms with van der Waals surface area (Å²) in [7, 11) is 0. The number of halogens is 1. The van der Waals surface area contributed by atoms with Crippen molar-refractivity contribution in [1.29, 1.82) is 0 Å². The Labute approximate surface area is 111 Å². The lowest BCUT2D eigenvalue weighted by Gasteiger charge is -2.18. The van der Waals surface area contributed by atoms with E-state index in [9.17, 15) is 4.39 Å². The molecule has 1 N–H and O–H groups in total. The van der Waals surface area contributed by atoms with Crippen LogP contribution in [0.1, 0.15) is 30.1 Å².